The Bertz CT molecular complexity index is 1080. The summed E-state index contributed by atoms with van der Waals surface area (Å²) in [4.78, 5) is 22.6. The predicted octanol–water partition coefficient (Wildman–Crippen LogP) is 4.18. The molecule has 0 aliphatic carbocycles. The number of aryl methyl sites for hydroxylation is 2. The Morgan fingerprint density at radius 2 is 1.90 bits per heavy atom. The number of ether oxygens (including phenoxy) is 1. The molecule has 30 heavy (non-hydrogen) atoms. The molecule has 1 amide bonds. The van der Waals surface area contributed by atoms with Crippen molar-refractivity contribution in [1.82, 2.24) is 9.78 Å². The molecule has 0 spiro atoms. The van der Waals surface area contributed by atoms with Gasteiger partial charge < -0.3 is 10.1 Å². The highest BCUT2D eigenvalue weighted by molar-refractivity contribution is 5.94. The number of nitrogens with one attached hydrogen (secondary N) is 1. The standard InChI is InChI=1S/C20H18F2N4O4/c1-12-9-13(2)25(24-12)15-5-3-14(4-6-15)10-19(27)23-17-11-16(26(28)29)7-8-18(17)30-20(21)22/h3-9,11,20H,10H2,1-2H3,(H,23,27). The van der Waals surface area contributed by atoms with Gasteiger partial charge >= 0.3 is 6.61 Å². The molecular weight excluding hydrogens is 398 g/mol. The Balaban J connectivity index is 1.74. The summed E-state index contributed by atoms with van der Waals surface area (Å²) in [7, 11) is 0. The van der Waals surface area contributed by atoms with E-state index in [4.69, 9.17) is 0 Å². The first-order valence-electron chi connectivity index (χ1n) is 8.88. The summed E-state index contributed by atoms with van der Waals surface area (Å²) in [6.07, 6.45) is -0.0613. The van der Waals surface area contributed by atoms with Crippen LogP contribution >= 0.6 is 0 Å². The smallest absolute Gasteiger partial charge is 0.387 e. The number of anilines is 1. The number of non-ortho nitro benzene ring substituents is 1. The first-order chi connectivity index (χ1) is 14.2. The van der Waals surface area contributed by atoms with Crippen LogP contribution in [0.2, 0.25) is 0 Å². The van der Waals surface area contributed by atoms with E-state index in [0.29, 0.717) is 5.56 Å². The average molecular weight is 416 g/mol. The van der Waals surface area contributed by atoms with Crippen LogP contribution in [0.3, 0.4) is 0 Å². The summed E-state index contributed by atoms with van der Waals surface area (Å²) in [6, 6.07) is 12.1. The molecule has 0 saturated heterocycles. The number of nitrogens with zero attached hydrogens (tertiary/aromatic N) is 3. The van der Waals surface area contributed by atoms with Gasteiger partial charge in [0.1, 0.15) is 5.75 Å². The number of nitro benzene ring substituents is 1. The molecule has 0 unspecified atom stereocenters. The third-order valence-corrected chi connectivity index (χ3v) is 4.22. The van der Waals surface area contributed by atoms with Crippen molar-refractivity contribution in [3.05, 3.63) is 75.6 Å². The molecule has 10 heteroatoms. The van der Waals surface area contributed by atoms with Gasteiger partial charge in [0.05, 0.1) is 28.4 Å². The van der Waals surface area contributed by atoms with Crippen LogP contribution in [0.4, 0.5) is 20.2 Å². The molecule has 3 aromatic rings. The predicted molar refractivity (Wildman–Crippen MR) is 105 cm³/mol. The number of amides is 1. The summed E-state index contributed by atoms with van der Waals surface area (Å²) in [5.74, 6) is -0.891. The minimum atomic E-state index is -3.14. The Labute approximate surface area is 170 Å². The highest BCUT2D eigenvalue weighted by Crippen LogP contribution is 2.30. The number of nitro groups is 1. The van der Waals surface area contributed by atoms with Crippen molar-refractivity contribution in [1.29, 1.82) is 0 Å². The van der Waals surface area contributed by atoms with Crippen LogP contribution in [0.15, 0.2) is 48.5 Å². The molecule has 0 aliphatic heterocycles. The van der Waals surface area contributed by atoms with E-state index in [1.807, 2.05) is 19.9 Å². The quantitative estimate of drug-likeness (QED) is 0.460. The van der Waals surface area contributed by atoms with Crippen molar-refractivity contribution in [2.75, 3.05) is 5.32 Å². The van der Waals surface area contributed by atoms with Crippen molar-refractivity contribution >= 4 is 17.3 Å². The van der Waals surface area contributed by atoms with E-state index in [-0.39, 0.29) is 23.5 Å². The fraction of sp³-hybridized carbons (Fsp3) is 0.200. The number of carbonyl (C=O) groups excluding carboxylic acids is 1. The van der Waals surface area contributed by atoms with Crippen LogP contribution in [-0.4, -0.2) is 27.2 Å². The number of carbonyl (C=O) groups is 1. The zero-order chi connectivity index (χ0) is 21.8. The van der Waals surface area contributed by atoms with Gasteiger partial charge in [-0.15, -0.1) is 0 Å². The average Bonchev–Trinajstić information content (AvgIpc) is 3.01. The van der Waals surface area contributed by atoms with E-state index in [2.05, 4.69) is 15.2 Å². The minimum Gasteiger partial charge on any atom is -0.433 e. The number of aromatic nitrogens is 2. The molecule has 0 bridgehead atoms. The summed E-state index contributed by atoms with van der Waals surface area (Å²) in [5, 5.41) is 17.7. The number of alkyl halides is 2. The van der Waals surface area contributed by atoms with Crippen LogP contribution in [0.5, 0.6) is 5.75 Å². The Kier molecular flexibility index (Phi) is 6.05. The van der Waals surface area contributed by atoms with E-state index < -0.39 is 17.4 Å². The van der Waals surface area contributed by atoms with E-state index in [1.165, 1.54) is 0 Å². The molecule has 1 heterocycles. The normalized spacial score (nSPS) is 10.8. The molecule has 2 aromatic carbocycles. The Hall–Kier alpha value is -3.82. The SMILES string of the molecule is Cc1cc(C)n(-c2ccc(CC(=O)Nc3cc([N+](=O)[O-])ccc3OC(F)F)cc2)n1. The maximum absolute atomic E-state index is 12.6. The second-order valence-corrected chi connectivity index (χ2v) is 6.55. The molecule has 0 saturated carbocycles. The van der Waals surface area contributed by atoms with Gasteiger partial charge in [-0.3, -0.25) is 14.9 Å². The number of halogens is 2. The topological polar surface area (TPSA) is 99.3 Å². The first-order valence-corrected chi connectivity index (χ1v) is 8.88. The van der Waals surface area contributed by atoms with E-state index in [9.17, 15) is 23.7 Å². The molecule has 3 rings (SSSR count). The largest absolute Gasteiger partial charge is 0.433 e. The lowest BCUT2D eigenvalue weighted by Gasteiger charge is -2.12. The lowest BCUT2D eigenvalue weighted by atomic mass is 10.1. The third-order valence-electron chi connectivity index (χ3n) is 4.22. The number of rotatable bonds is 7. The van der Waals surface area contributed by atoms with Gasteiger partial charge in [0.25, 0.3) is 5.69 Å². The van der Waals surface area contributed by atoms with Crippen LogP contribution in [0, 0.1) is 24.0 Å². The molecule has 156 valence electrons. The zero-order valence-electron chi connectivity index (χ0n) is 16.1. The maximum Gasteiger partial charge on any atom is 0.387 e. The molecule has 0 radical (unpaired) electrons. The number of hydrogen-bond donors (Lipinski definition) is 1. The fourth-order valence-corrected chi connectivity index (χ4v) is 2.95. The van der Waals surface area contributed by atoms with Gasteiger partial charge in [-0.05, 0) is 43.7 Å². The van der Waals surface area contributed by atoms with Gasteiger partial charge in [-0.2, -0.15) is 13.9 Å². The van der Waals surface area contributed by atoms with Gasteiger partial charge in [-0.25, -0.2) is 4.68 Å². The second-order valence-electron chi connectivity index (χ2n) is 6.55. The highest BCUT2D eigenvalue weighted by Gasteiger charge is 2.17. The summed E-state index contributed by atoms with van der Waals surface area (Å²) >= 11 is 0. The molecule has 0 aliphatic rings. The first kappa shape index (κ1) is 20.9. The Morgan fingerprint density at radius 1 is 1.20 bits per heavy atom. The van der Waals surface area contributed by atoms with Gasteiger partial charge in [0.2, 0.25) is 5.91 Å². The molecule has 1 N–H and O–H groups in total. The third kappa shape index (κ3) is 4.96. The van der Waals surface area contributed by atoms with Crippen LogP contribution in [-0.2, 0) is 11.2 Å². The van der Waals surface area contributed by atoms with Crippen molar-refractivity contribution in [3.63, 3.8) is 0 Å². The van der Waals surface area contributed by atoms with Crippen molar-refractivity contribution in [2.24, 2.45) is 0 Å². The summed E-state index contributed by atoms with van der Waals surface area (Å²) < 4.78 is 31.3. The Morgan fingerprint density at radius 3 is 2.47 bits per heavy atom. The van der Waals surface area contributed by atoms with Crippen LogP contribution in [0.1, 0.15) is 17.0 Å². The molecular formula is C20H18F2N4O4. The fourth-order valence-electron chi connectivity index (χ4n) is 2.95. The van der Waals surface area contributed by atoms with Crippen LogP contribution in [0.25, 0.3) is 5.69 Å². The highest BCUT2D eigenvalue weighted by atomic mass is 19.3. The van der Waals surface area contributed by atoms with Gasteiger partial charge in [0.15, 0.2) is 0 Å². The van der Waals surface area contributed by atoms with Gasteiger partial charge in [-0.1, -0.05) is 12.1 Å². The van der Waals surface area contributed by atoms with E-state index in [1.54, 1.807) is 28.9 Å². The van der Waals surface area contributed by atoms with Crippen molar-refractivity contribution in [2.45, 2.75) is 26.9 Å². The van der Waals surface area contributed by atoms with E-state index in [0.717, 1.165) is 35.3 Å². The molecule has 0 atom stereocenters. The van der Waals surface area contributed by atoms with E-state index >= 15 is 0 Å². The summed E-state index contributed by atoms with van der Waals surface area (Å²) in [6.45, 7) is 0.686. The summed E-state index contributed by atoms with van der Waals surface area (Å²) in [5.41, 5.74) is 2.79. The molecule has 8 nitrogen and oxygen atoms in total. The van der Waals surface area contributed by atoms with Crippen molar-refractivity contribution in [3.8, 4) is 11.4 Å². The van der Waals surface area contributed by atoms with Gasteiger partial charge in [0, 0.05) is 17.8 Å². The number of benzene rings is 2. The monoisotopic (exact) mass is 416 g/mol. The molecule has 1 aromatic heterocycles. The lowest BCUT2D eigenvalue weighted by molar-refractivity contribution is -0.384. The maximum atomic E-state index is 12.6. The zero-order valence-corrected chi connectivity index (χ0v) is 16.1. The minimum absolute atomic E-state index is 0.0613. The van der Waals surface area contributed by atoms with Crippen LogP contribution < -0.4 is 10.1 Å². The second kappa shape index (κ2) is 8.68. The number of hydrogen-bond acceptors (Lipinski definition) is 5. The van der Waals surface area contributed by atoms with Crippen molar-refractivity contribution < 1.29 is 23.2 Å². The lowest BCUT2D eigenvalue weighted by Crippen LogP contribution is -2.16. The molecule has 0 fully saturated rings.